The Bertz CT molecular complexity index is 847. The average molecular weight is 384 g/mol. The quantitative estimate of drug-likeness (QED) is 0.710. The fourth-order valence-corrected chi connectivity index (χ4v) is 3.51. The van der Waals surface area contributed by atoms with Gasteiger partial charge in [-0.15, -0.1) is 10.2 Å². The molecule has 28 heavy (non-hydrogen) atoms. The van der Waals surface area contributed by atoms with Crippen LogP contribution in [0.4, 0.5) is 10.5 Å². The number of amides is 3. The molecule has 8 nitrogen and oxygen atoms in total. The molecule has 0 saturated carbocycles. The molecular weight excluding hydrogens is 356 g/mol. The van der Waals surface area contributed by atoms with Crippen molar-refractivity contribution >= 4 is 17.6 Å². The van der Waals surface area contributed by atoms with E-state index in [9.17, 15) is 9.59 Å². The van der Waals surface area contributed by atoms with Crippen molar-refractivity contribution in [2.75, 3.05) is 5.32 Å². The van der Waals surface area contributed by atoms with Crippen molar-refractivity contribution in [3.63, 3.8) is 0 Å². The van der Waals surface area contributed by atoms with Crippen LogP contribution in [0, 0.1) is 5.92 Å². The van der Waals surface area contributed by atoms with E-state index in [0.29, 0.717) is 5.69 Å². The molecule has 0 spiro atoms. The Balaban J connectivity index is 1.81. The van der Waals surface area contributed by atoms with E-state index in [4.69, 9.17) is 5.73 Å². The number of nitrogens with two attached hydrogens (primary N) is 1. The maximum atomic E-state index is 12.7. The molecule has 1 aliphatic rings. The molecule has 3 amide bonds. The molecule has 0 radical (unpaired) electrons. The summed E-state index contributed by atoms with van der Waals surface area (Å²) >= 11 is 0. The lowest BCUT2D eigenvalue weighted by atomic mass is 9.98. The highest BCUT2D eigenvalue weighted by atomic mass is 16.2. The second-order valence-corrected chi connectivity index (χ2v) is 7.34. The first kappa shape index (κ1) is 19.9. The minimum atomic E-state index is -0.708. The SMILES string of the molecule is CC[C@H](C)[C@H](NC(N)=O)C(=O)Nc1cccc(-c2nnc3n2CCCCC3)c1. The van der Waals surface area contributed by atoms with Crippen LogP contribution in [-0.4, -0.2) is 32.7 Å². The van der Waals surface area contributed by atoms with Crippen LogP contribution in [0.3, 0.4) is 0 Å². The molecule has 2 heterocycles. The minimum Gasteiger partial charge on any atom is -0.352 e. The summed E-state index contributed by atoms with van der Waals surface area (Å²) in [6, 6.07) is 6.15. The fourth-order valence-electron chi connectivity index (χ4n) is 3.51. The maximum absolute atomic E-state index is 12.7. The number of nitrogens with zero attached hydrogens (tertiary/aromatic N) is 3. The van der Waals surface area contributed by atoms with Crippen molar-refractivity contribution < 1.29 is 9.59 Å². The summed E-state index contributed by atoms with van der Waals surface area (Å²) in [5.41, 5.74) is 6.79. The van der Waals surface area contributed by atoms with E-state index in [2.05, 4.69) is 25.4 Å². The number of carbonyl (C=O) groups is 2. The molecule has 150 valence electrons. The van der Waals surface area contributed by atoms with Gasteiger partial charge < -0.3 is 20.9 Å². The molecule has 0 fully saturated rings. The third-order valence-electron chi connectivity index (χ3n) is 5.29. The van der Waals surface area contributed by atoms with Crippen LogP contribution >= 0.6 is 0 Å². The Morgan fingerprint density at radius 2 is 2.07 bits per heavy atom. The molecule has 1 aromatic carbocycles. The summed E-state index contributed by atoms with van der Waals surface area (Å²) in [5.74, 6) is 1.51. The van der Waals surface area contributed by atoms with Crippen molar-refractivity contribution in [3.8, 4) is 11.4 Å². The lowest BCUT2D eigenvalue weighted by Gasteiger charge is -2.22. The van der Waals surface area contributed by atoms with E-state index in [1.165, 1.54) is 6.42 Å². The Morgan fingerprint density at radius 1 is 1.25 bits per heavy atom. The van der Waals surface area contributed by atoms with E-state index >= 15 is 0 Å². The van der Waals surface area contributed by atoms with Gasteiger partial charge in [0.2, 0.25) is 5.91 Å². The predicted octanol–water partition coefficient (Wildman–Crippen LogP) is 2.69. The maximum Gasteiger partial charge on any atom is 0.312 e. The smallest absolute Gasteiger partial charge is 0.312 e. The van der Waals surface area contributed by atoms with Crippen molar-refractivity contribution in [1.29, 1.82) is 0 Å². The second-order valence-electron chi connectivity index (χ2n) is 7.34. The zero-order chi connectivity index (χ0) is 20.1. The first-order chi connectivity index (χ1) is 13.5. The summed E-state index contributed by atoms with van der Waals surface area (Å²) in [5, 5.41) is 14.1. The van der Waals surface area contributed by atoms with Gasteiger partial charge >= 0.3 is 6.03 Å². The van der Waals surface area contributed by atoms with Crippen LogP contribution < -0.4 is 16.4 Å². The first-order valence-corrected chi connectivity index (χ1v) is 9.89. The lowest BCUT2D eigenvalue weighted by molar-refractivity contribution is -0.119. The van der Waals surface area contributed by atoms with E-state index < -0.39 is 12.1 Å². The van der Waals surface area contributed by atoms with Gasteiger partial charge in [0, 0.05) is 24.2 Å². The average Bonchev–Trinajstić information content (AvgIpc) is 2.94. The Kier molecular flexibility index (Phi) is 6.28. The number of primary amides is 1. The highest BCUT2D eigenvalue weighted by Gasteiger charge is 2.25. The normalized spacial score (nSPS) is 15.8. The topological polar surface area (TPSA) is 115 Å². The molecule has 0 aliphatic carbocycles. The molecule has 2 atom stereocenters. The number of hydrogen-bond acceptors (Lipinski definition) is 4. The van der Waals surface area contributed by atoms with Crippen molar-refractivity contribution in [1.82, 2.24) is 20.1 Å². The molecule has 8 heteroatoms. The fraction of sp³-hybridized carbons (Fsp3) is 0.500. The third kappa shape index (κ3) is 4.49. The van der Waals surface area contributed by atoms with E-state index in [1.54, 1.807) is 0 Å². The Hall–Kier alpha value is -2.90. The Labute approximate surface area is 164 Å². The van der Waals surface area contributed by atoms with Gasteiger partial charge in [-0.05, 0) is 30.9 Å². The number of fused-ring (bicyclic) bond motifs is 1. The van der Waals surface area contributed by atoms with E-state index in [1.807, 2.05) is 38.1 Å². The molecule has 0 bridgehead atoms. The summed E-state index contributed by atoms with van der Waals surface area (Å²) in [6.45, 7) is 4.78. The number of rotatable bonds is 6. The van der Waals surface area contributed by atoms with Crippen molar-refractivity contribution in [2.24, 2.45) is 11.7 Å². The first-order valence-electron chi connectivity index (χ1n) is 9.89. The zero-order valence-corrected chi connectivity index (χ0v) is 16.4. The number of aromatic nitrogens is 3. The molecule has 0 saturated heterocycles. The van der Waals surface area contributed by atoms with E-state index in [-0.39, 0.29) is 11.8 Å². The van der Waals surface area contributed by atoms with Gasteiger partial charge in [-0.3, -0.25) is 4.79 Å². The van der Waals surface area contributed by atoms with Gasteiger partial charge in [-0.2, -0.15) is 0 Å². The van der Waals surface area contributed by atoms with Gasteiger partial charge in [0.1, 0.15) is 11.9 Å². The highest BCUT2D eigenvalue weighted by molar-refractivity contribution is 5.97. The number of anilines is 1. The van der Waals surface area contributed by atoms with Gasteiger partial charge in [-0.1, -0.05) is 38.8 Å². The lowest BCUT2D eigenvalue weighted by Crippen LogP contribution is -2.49. The molecule has 0 unspecified atom stereocenters. The number of hydrogen-bond donors (Lipinski definition) is 3. The van der Waals surface area contributed by atoms with Crippen molar-refractivity contribution in [3.05, 3.63) is 30.1 Å². The number of nitrogens with one attached hydrogen (secondary N) is 2. The largest absolute Gasteiger partial charge is 0.352 e. The van der Waals surface area contributed by atoms with Gasteiger partial charge in [0.25, 0.3) is 0 Å². The van der Waals surface area contributed by atoms with Crippen LogP contribution in [-0.2, 0) is 17.8 Å². The third-order valence-corrected chi connectivity index (χ3v) is 5.29. The van der Waals surface area contributed by atoms with Crippen LogP contribution in [0.15, 0.2) is 24.3 Å². The number of urea groups is 1. The molecular formula is C20H28N6O2. The van der Waals surface area contributed by atoms with Crippen LogP contribution in [0.2, 0.25) is 0 Å². The minimum absolute atomic E-state index is 0.0389. The van der Waals surface area contributed by atoms with Crippen molar-refractivity contribution in [2.45, 2.75) is 58.5 Å². The standard InChI is InChI=1S/C20H28N6O2/c1-3-13(2)17(23-20(21)28)19(27)22-15-9-7-8-14(12-15)18-25-24-16-10-5-4-6-11-26(16)18/h7-9,12-13,17H,3-6,10-11H2,1-2H3,(H,22,27)(H3,21,23,28)/t13-,17-/m0/s1. The van der Waals surface area contributed by atoms with Gasteiger partial charge in [0.15, 0.2) is 5.82 Å². The number of benzene rings is 1. The number of aryl methyl sites for hydroxylation is 1. The molecule has 3 rings (SSSR count). The highest BCUT2D eigenvalue weighted by Crippen LogP contribution is 2.25. The van der Waals surface area contributed by atoms with Crippen LogP contribution in [0.5, 0.6) is 0 Å². The predicted molar refractivity (Wildman–Crippen MR) is 108 cm³/mol. The Morgan fingerprint density at radius 3 is 2.82 bits per heavy atom. The molecule has 2 aromatic rings. The second kappa shape index (κ2) is 8.86. The van der Waals surface area contributed by atoms with Crippen LogP contribution in [0.25, 0.3) is 11.4 Å². The summed E-state index contributed by atoms with van der Waals surface area (Å²) in [7, 11) is 0. The molecule has 1 aromatic heterocycles. The zero-order valence-electron chi connectivity index (χ0n) is 16.4. The summed E-state index contributed by atoms with van der Waals surface area (Å²) in [6.07, 6.45) is 5.13. The van der Waals surface area contributed by atoms with Gasteiger partial charge in [-0.25, -0.2) is 4.79 Å². The van der Waals surface area contributed by atoms with Gasteiger partial charge in [0.05, 0.1) is 0 Å². The van der Waals surface area contributed by atoms with E-state index in [0.717, 1.165) is 49.4 Å². The monoisotopic (exact) mass is 384 g/mol. The summed E-state index contributed by atoms with van der Waals surface area (Å²) < 4.78 is 2.17. The molecule has 4 N–H and O–H groups in total. The van der Waals surface area contributed by atoms with Crippen LogP contribution in [0.1, 0.15) is 45.4 Å². The molecule has 1 aliphatic heterocycles. The summed E-state index contributed by atoms with van der Waals surface area (Å²) in [4.78, 5) is 24.0. The number of carbonyl (C=O) groups excluding carboxylic acids is 2.